The summed E-state index contributed by atoms with van der Waals surface area (Å²) in [6.07, 6.45) is 6.07. The fourth-order valence-corrected chi connectivity index (χ4v) is 3.86. The fraction of sp³-hybridized carbons (Fsp3) is 0.375. The molecule has 1 aromatic heterocycles. The van der Waals surface area contributed by atoms with Gasteiger partial charge in [-0.1, -0.05) is 6.42 Å². The minimum absolute atomic E-state index is 0.0333. The molecule has 0 spiro atoms. The number of hydrogen-bond acceptors (Lipinski definition) is 8. The van der Waals surface area contributed by atoms with Crippen LogP contribution in [-0.4, -0.2) is 43.5 Å². The average molecular weight is 453 g/mol. The zero-order valence-electron chi connectivity index (χ0n) is 18.9. The SMILES string of the molecule is COc1cc(Oc2ncnc3cc(OC)c(OC)cc23)ccc1NC(=O)OC1CCCCC1. The molecule has 2 aromatic carbocycles. The second-order valence-electron chi connectivity index (χ2n) is 7.66. The third kappa shape index (κ3) is 5.19. The van der Waals surface area contributed by atoms with Gasteiger partial charge < -0.3 is 23.7 Å². The molecule has 0 bridgehead atoms. The van der Waals surface area contributed by atoms with Gasteiger partial charge in [0.25, 0.3) is 0 Å². The Kier molecular flexibility index (Phi) is 6.97. The molecule has 0 unspecified atom stereocenters. The molecule has 1 aliphatic rings. The van der Waals surface area contributed by atoms with Crippen LogP contribution in [0.5, 0.6) is 28.9 Å². The molecular weight excluding hydrogens is 426 g/mol. The quantitative estimate of drug-likeness (QED) is 0.512. The van der Waals surface area contributed by atoms with Crippen molar-refractivity contribution in [3.05, 3.63) is 36.7 Å². The number of carbonyl (C=O) groups excluding carboxylic acids is 1. The minimum Gasteiger partial charge on any atom is -0.494 e. The van der Waals surface area contributed by atoms with Gasteiger partial charge in [0.05, 0.1) is 37.9 Å². The van der Waals surface area contributed by atoms with Crippen molar-refractivity contribution in [2.45, 2.75) is 38.2 Å². The zero-order chi connectivity index (χ0) is 23.2. The number of amides is 1. The molecule has 3 aromatic rings. The number of nitrogens with one attached hydrogen (secondary N) is 1. The molecule has 1 aliphatic carbocycles. The van der Waals surface area contributed by atoms with E-state index >= 15 is 0 Å². The number of methoxy groups -OCH3 is 3. The number of nitrogens with zero attached hydrogens (tertiary/aromatic N) is 2. The van der Waals surface area contributed by atoms with Crippen LogP contribution in [-0.2, 0) is 4.74 Å². The van der Waals surface area contributed by atoms with E-state index in [9.17, 15) is 4.79 Å². The van der Waals surface area contributed by atoms with E-state index in [0.717, 1.165) is 25.7 Å². The summed E-state index contributed by atoms with van der Waals surface area (Å²) in [6, 6.07) is 8.60. The highest BCUT2D eigenvalue weighted by Crippen LogP contribution is 2.37. The summed E-state index contributed by atoms with van der Waals surface area (Å²) in [6.45, 7) is 0. The standard InChI is InChI=1S/C24H27N3O6/c1-29-20-11-16(9-10-18(20)27-24(28)33-15-7-5-4-6-8-15)32-23-17-12-21(30-2)22(31-3)13-19(17)25-14-26-23/h9-15H,4-8H2,1-3H3,(H,27,28). The minimum atomic E-state index is -0.489. The Hall–Kier alpha value is -3.75. The van der Waals surface area contributed by atoms with Gasteiger partial charge in [0, 0.05) is 12.1 Å². The highest BCUT2D eigenvalue weighted by molar-refractivity contribution is 5.88. The Morgan fingerprint density at radius 1 is 0.909 bits per heavy atom. The number of fused-ring (bicyclic) bond motifs is 1. The van der Waals surface area contributed by atoms with Gasteiger partial charge in [-0.05, 0) is 43.9 Å². The monoisotopic (exact) mass is 453 g/mol. The van der Waals surface area contributed by atoms with Crippen LogP contribution in [0.25, 0.3) is 10.9 Å². The van der Waals surface area contributed by atoms with Crippen LogP contribution in [0.4, 0.5) is 10.5 Å². The van der Waals surface area contributed by atoms with E-state index in [2.05, 4.69) is 15.3 Å². The molecule has 174 valence electrons. The van der Waals surface area contributed by atoms with E-state index in [1.165, 1.54) is 19.9 Å². The second kappa shape index (κ2) is 10.2. The van der Waals surface area contributed by atoms with Gasteiger partial charge in [0.2, 0.25) is 5.88 Å². The molecule has 9 heteroatoms. The number of ether oxygens (including phenoxy) is 5. The van der Waals surface area contributed by atoms with Crippen molar-refractivity contribution < 1.29 is 28.5 Å². The summed E-state index contributed by atoms with van der Waals surface area (Å²) in [5.74, 6) is 2.36. The van der Waals surface area contributed by atoms with Crippen LogP contribution in [0.1, 0.15) is 32.1 Å². The van der Waals surface area contributed by atoms with Crippen LogP contribution < -0.4 is 24.3 Å². The maximum Gasteiger partial charge on any atom is 0.412 e. The Morgan fingerprint density at radius 3 is 2.36 bits per heavy atom. The van der Waals surface area contributed by atoms with Crippen molar-refractivity contribution in [3.8, 4) is 28.9 Å². The van der Waals surface area contributed by atoms with E-state index < -0.39 is 6.09 Å². The lowest BCUT2D eigenvalue weighted by Gasteiger charge is -2.22. The average Bonchev–Trinajstić information content (AvgIpc) is 2.84. The van der Waals surface area contributed by atoms with Gasteiger partial charge in [-0.15, -0.1) is 0 Å². The zero-order valence-corrected chi connectivity index (χ0v) is 18.9. The van der Waals surface area contributed by atoms with Crippen molar-refractivity contribution in [2.75, 3.05) is 26.6 Å². The van der Waals surface area contributed by atoms with E-state index in [0.29, 0.717) is 45.5 Å². The summed E-state index contributed by atoms with van der Waals surface area (Å²) in [5.41, 5.74) is 1.14. The van der Waals surface area contributed by atoms with Crippen molar-refractivity contribution >= 4 is 22.7 Å². The van der Waals surface area contributed by atoms with Crippen molar-refractivity contribution in [2.24, 2.45) is 0 Å². The molecule has 1 saturated carbocycles. The number of aromatic nitrogens is 2. The Bertz CT molecular complexity index is 1130. The number of benzene rings is 2. The van der Waals surface area contributed by atoms with Crippen LogP contribution in [0.3, 0.4) is 0 Å². The molecule has 1 N–H and O–H groups in total. The number of carbonyl (C=O) groups is 1. The Morgan fingerprint density at radius 2 is 1.64 bits per heavy atom. The van der Waals surface area contributed by atoms with Gasteiger partial charge in [-0.2, -0.15) is 0 Å². The summed E-state index contributed by atoms with van der Waals surface area (Å²) in [5, 5.41) is 3.42. The van der Waals surface area contributed by atoms with Crippen LogP contribution in [0.2, 0.25) is 0 Å². The lowest BCUT2D eigenvalue weighted by molar-refractivity contribution is 0.0864. The normalized spacial score (nSPS) is 13.9. The summed E-state index contributed by atoms with van der Waals surface area (Å²) >= 11 is 0. The lowest BCUT2D eigenvalue weighted by Crippen LogP contribution is -2.24. The molecule has 4 rings (SSSR count). The molecule has 0 atom stereocenters. The number of rotatable bonds is 7. The first kappa shape index (κ1) is 22.4. The first-order chi connectivity index (χ1) is 16.1. The number of hydrogen-bond donors (Lipinski definition) is 1. The first-order valence-electron chi connectivity index (χ1n) is 10.8. The Labute approximate surface area is 192 Å². The van der Waals surface area contributed by atoms with Crippen LogP contribution in [0, 0.1) is 0 Å². The van der Waals surface area contributed by atoms with E-state index in [-0.39, 0.29) is 6.10 Å². The van der Waals surface area contributed by atoms with E-state index in [1.54, 1.807) is 44.6 Å². The number of anilines is 1. The predicted molar refractivity (Wildman–Crippen MR) is 123 cm³/mol. The Balaban J connectivity index is 1.53. The molecule has 0 radical (unpaired) electrons. The van der Waals surface area contributed by atoms with E-state index in [4.69, 9.17) is 23.7 Å². The molecule has 1 amide bonds. The van der Waals surface area contributed by atoms with Crippen LogP contribution in [0.15, 0.2) is 36.7 Å². The summed E-state index contributed by atoms with van der Waals surface area (Å²) < 4.78 is 27.7. The molecule has 0 saturated heterocycles. The van der Waals surface area contributed by atoms with E-state index in [1.807, 2.05) is 0 Å². The molecule has 9 nitrogen and oxygen atoms in total. The van der Waals surface area contributed by atoms with Gasteiger partial charge in [0.1, 0.15) is 23.9 Å². The highest BCUT2D eigenvalue weighted by atomic mass is 16.6. The molecule has 1 heterocycles. The smallest absolute Gasteiger partial charge is 0.412 e. The van der Waals surface area contributed by atoms with Crippen molar-refractivity contribution in [1.29, 1.82) is 0 Å². The second-order valence-corrected chi connectivity index (χ2v) is 7.66. The maximum atomic E-state index is 12.3. The largest absolute Gasteiger partial charge is 0.494 e. The topological polar surface area (TPSA) is 101 Å². The van der Waals surface area contributed by atoms with Gasteiger partial charge in [0.15, 0.2) is 11.5 Å². The van der Waals surface area contributed by atoms with Gasteiger partial charge in [-0.3, -0.25) is 5.32 Å². The third-order valence-corrected chi connectivity index (χ3v) is 5.55. The molecule has 33 heavy (non-hydrogen) atoms. The highest BCUT2D eigenvalue weighted by Gasteiger charge is 2.19. The van der Waals surface area contributed by atoms with Gasteiger partial charge in [-0.25, -0.2) is 14.8 Å². The van der Waals surface area contributed by atoms with Gasteiger partial charge >= 0.3 is 6.09 Å². The summed E-state index contributed by atoms with van der Waals surface area (Å²) in [7, 11) is 4.65. The van der Waals surface area contributed by atoms with Crippen molar-refractivity contribution in [1.82, 2.24) is 9.97 Å². The predicted octanol–water partition coefficient (Wildman–Crippen LogP) is 5.33. The molecular formula is C24H27N3O6. The molecule has 0 aliphatic heterocycles. The summed E-state index contributed by atoms with van der Waals surface area (Å²) in [4.78, 5) is 20.9. The maximum absolute atomic E-state index is 12.3. The third-order valence-electron chi connectivity index (χ3n) is 5.55. The van der Waals surface area contributed by atoms with Crippen molar-refractivity contribution in [3.63, 3.8) is 0 Å². The first-order valence-corrected chi connectivity index (χ1v) is 10.8. The molecule has 1 fully saturated rings. The lowest BCUT2D eigenvalue weighted by atomic mass is 9.98. The fourth-order valence-electron chi connectivity index (χ4n) is 3.86. The van der Waals surface area contributed by atoms with Crippen LogP contribution >= 0.6 is 0 Å².